The molecule has 88 valence electrons. The van der Waals surface area contributed by atoms with E-state index in [1.165, 1.54) is 17.1 Å². The maximum Gasteiger partial charge on any atom is 0.253 e. The molecule has 2 amide bonds. The van der Waals surface area contributed by atoms with Crippen molar-refractivity contribution in [1.82, 2.24) is 4.90 Å². The Hall–Kier alpha value is -1.12. The quantitative estimate of drug-likeness (QED) is 0.685. The van der Waals surface area contributed by atoms with Crippen LogP contribution in [0, 0.1) is 11.8 Å². The molecule has 2 aliphatic rings. The number of hydrogen-bond donors (Lipinski definition) is 0. The molecule has 16 heavy (non-hydrogen) atoms. The molecule has 1 heterocycles. The fraction of sp³-hybridized carbons (Fsp3) is 0.692. The summed E-state index contributed by atoms with van der Waals surface area (Å²) in [4.78, 5) is 24.8. The van der Waals surface area contributed by atoms with E-state index in [9.17, 15) is 9.59 Å². The van der Waals surface area contributed by atoms with Gasteiger partial charge in [-0.3, -0.25) is 14.5 Å². The summed E-state index contributed by atoms with van der Waals surface area (Å²) in [5.41, 5.74) is 0. The van der Waals surface area contributed by atoms with Gasteiger partial charge in [0.1, 0.15) is 0 Å². The van der Waals surface area contributed by atoms with Crippen molar-refractivity contribution >= 4 is 11.8 Å². The third kappa shape index (κ3) is 1.68. The number of rotatable bonds is 3. The zero-order chi connectivity index (χ0) is 11.7. The first-order chi connectivity index (χ1) is 7.69. The Balaban J connectivity index is 2.16. The highest BCUT2D eigenvalue weighted by Gasteiger charge is 2.42. The molecule has 3 nitrogen and oxygen atoms in total. The second kappa shape index (κ2) is 4.40. The summed E-state index contributed by atoms with van der Waals surface area (Å²) in [5.74, 6) is 0.935. The van der Waals surface area contributed by atoms with E-state index in [4.69, 9.17) is 0 Å². The monoisotopic (exact) mass is 221 g/mol. The Morgan fingerprint density at radius 1 is 1.12 bits per heavy atom. The zero-order valence-electron chi connectivity index (χ0n) is 9.98. The van der Waals surface area contributed by atoms with E-state index in [1.807, 2.05) is 0 Å². The molecular weight excluding hydrogens is 202 g/mol. The largest absolute Gasteiger partial charge is 0.272 e. The van der Waals surface area contributed by atoms with Gasteiger partial charge in [0.25, 0.3) is 11.8 Å². The molecule has 0 N–H and O–H groups in total. The summed E-state index contributed by atoms with van der Waals surface area (Å²) in [7, 11) is 0. The Morgan fingerprint density at radius 3 is 2.25 bits per heavy atom. The number of nitrogens with zero attached hydrogens (tertiary/aromatic N) is 1. The highest BCUT2D eigenvalue weighted by Crippen LogP contribution is 2.40. The van der Waals surface area contributed by atoms with Crippen molar-refractivity contribution in [1.29, 1.82) is 0 Å². The van der Waals surface area contributed by atoms with Crippen molar-refractivity contribution in [3.63, 3.8) is 0 Å². The van der Waals surface area contributed by atoms with Crippen LogP contribution in [0.3, 0.4) is 0 Å². The van der Waals surface area contributed by atoms with Crippen LogP contribution in [0.1, 0.15) is 39.5 Å². The topological polar surface area (TPSA) is 37.4 Å². The minimum absolute atomic E-state index is 0.120. The van der Waals surface area contributed by atoms with Gasteiger partial charge in [0.05, 0.1) is 0 Å². The first-order valence-corrected chi connectivity index (χ1v) is 6.24. The van der Waals surface area contributed by atoms with E-state index in [2.05, 4.69) is 13.8 Å². The van der Waals surface area contributed by atoms with Gasteiger partial charge in [-0.25, -0.2) is 0 Å². The molecule has 1 aliphatic carbocycles. The van der Waals surface area contributed by atoms with Crippen LogP contribution < -0.4 is 0 Å². The molecule has 0 aromatic rings. The Bertz CT molecular complexity index is 317. The third-order valence-electron chi connectivity index (χ3n) is 4.10. The molecule has 1 fully saturated rings. The first-order valence-electron chi connectivity index (χ1n) is 6.24. The van der Waals surface area contributed by atoms with Gasteiger partial charge in [-0.2, -0.15) is 0 Å². The number of hydrogen-bond acceptors (Lipinski definition) is 2. The first kappa shape index (κ1) is 11.4. The summed E-state index contributed by atoms with van der Waals surface area (Å²) < 4.78 is 0. The zero-order valence-corrected chi connectivity index (χ0v) is 9.98. The van der Waals surface area contributed by atoms with Crippen molar-refractivity contribution in [2.45, 2.75) is 45.6 Å². The van der Waals surface area contributed by atoms with Gasteiger partial charge in [-0.1, -0.05) is 26.7 Å². The summed E-state index contributed by atoms with van der Waals surface area (Å²) >= 11 is 0. The van der Waals surface area contributed by atoms with Crippen LogP contribution in [0.2, 0.25) is 0 Å². The van der Waals surface area contributed by atoms with Crippen molar-refractivity contribution in [2.75, 3.05) is 0 Å². The van der Waals surface area contributed by atoms with Gasteiger partial charge in [0.15, 0.2) is 0 Å². The van der Waals surface area contributed by atoms with Crippen molar-refractivity contribution in [3.8, 4) is 0 Å². The fourth-order valence-electron chi connectivity index (χ4n) is 3.30. The molecule has 0 aromatic carbocycles. The lowest BCUT2D eigenvalue weighted by atomic mass is 9.89. The maximum absolute atomic E-state index is 11.6. The second-order valence-corrected chi connectivity index (χ2v) is 4.76. The number of carbonyl (C=O) groups excluding carboxylic acids is 2. The number of amides is 2. The molecule has 3 heteroatoms. The predicted octanol–water partition coefficient (Wildman–Crippen LogP) is 2.13. The minimum Gasteiger partial charge on any atom is -0.272 e. The highest BCUT2D eigenvalue weighted by atomic mass is 16.2. The standard InChI is InChI=1S/C13H19NO2/c1-3-9-5-6-11(10(9)4-2)14-12(15)7-8-13(14)16/h7-11H,3-6H2,1-2H3/t9?,10-,11+/m1/s1. The van der Waals surface area contributed by atoms with Gasteiger partial charge < -0.3 is 0 Å². The van der Waals surface area contributed by atoms with E-state index >= 15 is 0 Å². The van der Waals surface area contributed by atoms with Crippen LogP contribution in [-0.4, -0.2) is 22.8 Å². The van der Waals surface area contributed by atoms with Crippen LogP contribution in [0.25, 0.3) is 0 Å². The lowest BCUT2D eigenvalue weighted by Gasteiger charge is -2.29. The third-order valence-corrected chi connectivity index (χ3v) is 4.10. The smallest absolute Gasteiger partial charge is 0.253 e. The molecule has 0 bridgehead atoms. The van der Waals surface area contributed by atoms with Crippen LogP contribution >= 0.6 is 0 Å². The Kier molecular flexibility index (Phi) is 3.13. The van der Waals surface area contributed by atoms with E-state index in [0.29, 0.717) is 11.8 Å². The van der Waals surface area contributed by atoms with E-state index in [1.54, 1.807) is 0 Å². The molecule has 0 spiro atoms. The lowest BCUT2D eigenvalue weighted by molar-refractivity contribution is -0.140. The van der Waals surface area contributed by atoms with Crippen molar-refractivity contribution < 1.29 is 9.59 Å². The van der Waals surface area contributed by atoms with Gasteiger partial charge in [0, 0.05) is 18.2 Å². The van der Waals surface area contributed by atoms with Crippen LogP contribution in [-0.2, 0) is 9.59 Å². The Morgan fingerprint density at radius 2 is 1.75 bits per heavy atom. The van der Waals surface area contributed by atoms with Crippen LogP contribution in [0.5, 0.6) is 0 Å². The number of carbonyl (C=O) groups is 2. The predicted molar refractivity (Wildman–Crippen MR) is 61.6 cm³/mol. The van der Waals surface area contributed by atoms with Crippen LogP contribution in [0.15, 0.2) is 12.2 Å². The van der Waals surface area contributed by atoms with Gasteiger partial charge in [0.2, 0.25) is 0 Å². The van der Waals surface area contributed by atoms with E-state index in [0.717, 1.165) is 25.7 Å². The second-order valence-electron chi connectivity index (χ2n) is 4.76. The van der Waals surface area contributed by atoms with E-state index < -0.39 is 0 Å². The molecule has 0 radical (unpaired) electrons. The summed E-state index contributed by atoms with van der Waals surface area (Å²) in [5, 5.41) is 0. The summed E-state index contributed by atoms with van der Waals surface area (Å²) in [6.07, 6.45) is 7.13. The highest BCUT2D eigenvalue weighted by molar-refractivity contribution is 6.13. The maximum atomic E-state index is 11.6. The molecule has 1 unspecified atom stereocenters. The fourth-order valence-corrected chi connectivity index (χ4v) is 3.30. The molecule has 3 atom stereocenters. The lowest BCUT2D eigenvalue weighted by Crippen LogP contribution is -2.42. The normalized spacial score (nSPS) is 34.1. The van der Waals surface area contributed by atoms with Crippen molar-refractivity contribution in [2.24, 2.45) is 11.8 Å². The van der Waals surface area contributed by atoms with Crippen LogP contribution in [0.4, 0.5) is 0 Å². The summed E-state index contributed by atoms with van der Waals surface area (Å²) in [6, 6.07) is 0.143. The van der Waals surface area contributed by atoms with Crippen molar-refractivity contribution in [3.05, 3.63) is 12.2 Å². The van der Waals surface area contributed by atoms with Gasteiger partial charge in [-0.05, 0) is 24.7 Å². The molecular formula is C13H19NO2. The summed E-state index contributed by atoms with van der Waals surface area (Å²) in [6.45, 7) is 4.35. The molecule has 1 aliphatic heterocycles. The van der Waals surface area contributed by atoms with Gasteiger partial charge in [-0.15, -0.1) is 0 Å². The molecule has 2 rings (SSSR count). The minimum atomic E-state index is -0.120. The molecule has 0 aromatic heterocycles. The van der Waals surface area contributed by atoms with Gasteiger partial charge >= 0.3 is 0 Å². The Labute approximate surface area is 96.5 Å². The average molecular weight is 221 g/mol. The average Bonchev–Trinajstić information content (AvgIpc) is 2.82. The number of imide groups is 1. The molecule has 1 saturated carbocycles. The van der Waals surface area contributed by atoms with E-state index in [-0.39, 0.29) is 17.9 Å². The SMILES string of the molecule is CCC1CC[C@H](N2C(=O)C=CC2=O)[C@@H]1CC. The molecule has 0 saturated heterocycles.